The van der Waals surface area contributed by atoms with Gasteiger partial charge in [-0.25, -0.2) is 12.7 Å². The van der Waals surface area contributed by atoms with Crippen LogP contribution in [-0.2, 0) is 20.2 Å². The molecule has 0 spiro atoms. The molecule has 2 saturated heterocycles. The maximum absolute atomic E-state index is 13.7. The molecular formula is C20H27ClN2O3S. The van der Waals surface area contributed by atoms with Crippen molar-refractivity contribution < 1.29 is 13.2 Å². The zero-order valence-corrected chi connectivity index (χ0v) is 17.3. The minimum absolute atomic E-state index is 0.161. The van der Waals surface area contributed by atoms with Gasteiger partial charge < -0.3 is 4.90 Å². The normalized spacial score (nSPS) is 28.3. The Morgan fingerprint density at radius 3 is 2.41 bits per heavy atom. The van der Waals surface area contributed by atoms with E-state index in [1.165, 1.54) is 6.26 Å². The Hall–Kier alpha value is -1.11. The number of nitrogens with zero attached hydrogens (tertiary/aromatic N) is 2. The third-order valence-corrected chi connectivity index (χ3v) is 8.30. The van der Waals surface area contributed by atoms with E-state index in [0.717, 1.165) is 50.6 Å². The van der Waals surface area contributed by atoms with Gasteiger partial charge in [0.25, 0.3) is 0 Å². The zero-order valence-electron chi connectivity index (χ0n) is 15.7. The molecule has 2 aliphatic heterocycles. The Kier molecular flexibility index (Phi) is 5.02. The maximum Gasteiger partial charge on any atom is 0.233 e. The topological polar surface area (TPSA) is 57.7 Å². The van der Waals surface area contributed by atoms with Crippen molar-refractivity contribution in [2.75, 3.05) is 25.9 Å². The van der Waals surface area contributed by atoms with Crippen LogP contribution < -0.4 is 0 Å². The van der Waals surface area contributed by atoms with Crippen LogP contribution in [0.5, 0.6) is 0 Å². The Labute approximate surface area is 166 Å². The molecule has 3 fully saturated rings. The third-order valence-electron chi connectivity index (χ3n) is 6.77. The lowest BCUT2D eigenvalue weighted by Crippen LogP contribution is -2.61. The van der Waals surface area contributed by atoms with Crippen molar-refractivity contribution in [3.8, 4) is 0 Å². The number of piperidine rings is 2. The molecular weight excluding hydrogens is 384 g/mol. The molecule has 5 nitrogen and oxygen atoms in total. The number of sulfonamides is 1. The van der Waals surface area contributed by atoms with E-state index < -0.39 is 15.4 Å². The molecule has 2 atom stereocenters. The predicted octanol–water partition coefficient (Wildman–Crippen LogP) is 3.03. The van der Waals surface area contributed by atoms with Crippen molar-refractivity contribution >= 4 is 27.5 Å². The van der Waals surface area contributed by atoms with Gasteiger partial charge in [-0.3, -0.25) is 4.79 Å². The van der Waals surface area contributed by atoms with Crippen molar-refractivity contribution in [2.24, 2.45) is 5.92 Å². The number of halogens is 1. The van der Waals surface area contributed by atoms with Crippen LogP contribution in [0, 0.1) is 5.92 Å². The first-order valence-corrected chi connectivity index (χ1v) is 12.1. The van der Waals surface area contributed by atoms with Gasteiger partial charge >= 0.3 is 0 Å². The van der Waals surface area contributed by atoms with Crippen molar-refractivity contribution in [2.45, 2.75) is 50.0 Å². The van der Waals surface area contributed by atoms with Crippen LogP contribution in [-0.4, -0.2) is 55.5 Å². The van der Waals surface area contributed by atoms with E-state index in [-0.39, 0.29) is 17.9 Å². The van der Waals surface area contributed by atoms with Crippen LogP contribution in [0.15, 0.2) is 24.3 Å². The summed E-state index contributed by atoms with van der Waals surface area (Å²) < 4.78 is 25.5. The number of rotatable bonds is 3. The molecule has 0 N–H and O–H groups in total. The molecule has 4 rings (SSSR count). The average molecular weight is 411 g/mol. The first-order chi connectivity index (χ1) is 12.8. The van der Waals surface area contributed by atoms with E-state index >= 15 is 0 Å². The molecule has 1 aromatic rings. The Bertz CT molecular complexity index is 820. The summed E-state index contributed by atoms with van der Waals surface area (Å²) in [4.78, 5) is 15.8. The van der Waals surface area contributed by atoms with Crippen LogP contribution in [0.1, 0.15) is 44.1 Å². The first kappa shape index (κ1) is 19.2. The molecule has 1 saturated carbocycles. The molecule has 27 heavy (non-hydrogen) atoms. The first-order valence-electron chi connectivity index (χ1n) is 9.83. The molecule has 1 amide bonds. The second-order valence-electron chi connectivity index (χ2n) is 8.32. The highest BCUT2D eigenvalue weighted by Gasteiger charge is 2.51. The number of amides is 1. The maximum atomic E-state index is 13.7. The highest BCUT2D eigenvalue weighted by atomic mass is 35.5. The van der Waals surface area contributed by atoms with Gasteiger partial charge in [0.05, 0.1) is 11.7 Å². The Morgan fingerprint density at radius 2 is 1.81 bits per heavy atom. The summed E-state index contributed by atoms with van der Waals surface area (Å²) in [6, 6.07) is 7.89. The fourth-order valence-electron chi connectivity index (χ4n) is 5.12. The van der Waals surface area contributed by atoms with Gasteiger partial charge in [0.2, 0.25) is 15.9 Å². The van der Waals surface area contributed by atoms with Gasteiger partial charge in [0, 0.05) is 30.7 Å². The fourth-order valence-corrected chi connectivity index (χ4v) is 6.15. The van der Waals surface area contributed by atoms with Crippen LogP contribution in [0.2, 0.25) is 5.02 Å². The fraction of sp³-hybridized carbons (Fsp3) is 0.650. The Morgan fingerprint density at radius 1 is 1.11 bits per heavy atom. The van der Waals surface area contributed by atoms with Crippen molar-refractivity contribution in [3.05, 3.63) is 34.9 Å². The molecule has 0 bridgehead atoms. The number of benzene rings is 1. The number of carbonyl (C=O) groups is 1. The Balaban J connectivity index is 1.57. The highest BCUT2D eigenvalue weighted by molar-refractivity contribution is 7.88. The lowest BCUT2D eigenvalue weighted by Gasteiger charge is -2.51. The van der Waals surface area contributed by atoms with E-state index in [1.807, 2.05) is 24.3 Å². The van der Waals surface area contributed by atoms with E-state index in [9.17, 15) is 13.2 Å². The van der Waals surface area contributed by atoms with Crippen molar-refractivity contribution in [1.29, 1.82) is 0 Å². The van der Waals surface area contributed by atoms with Gasteiger partial charge in [0.15, 0.2) is 0 Å². The standard InChI is InChI=1S/C20H27ClN2O3S/c1-27(25,26)22-13-9-18-15(14-22)4-2-12-23(18)19(24)20(10-3-11-20)16-5-7-17(21)8-6-16/h5-8,15,18H,2-4,9-14H2,1H3/t15-,18+/m1/s1. The lowest BCUT2D eigenvalue weighted by atomic mass is 9.63. The quantitative estimate of drug-likeness (QED) is 0.769. The molecule has 0 unspecified atom stereocenters. The zero-order chi connectivity index (χ0) is 19.2. The summed E-state index contributed by atoms with van der Waals surface area (Å²) in [5.41, 5.74) is 0.652. The summed E-state index contributed by atoms with van der Waals surface area (Å²) >= 11 is 6.04. The molecule has 1 aromatic carbocycles. The van der Waals surface area contributed by atoms with Gasteiger partial charge in [-0.1, -0.05) is 30.2 Å². The number of hydrogen-bond donors (Lipinski definition) is 0. The largest absolute Gasteiger partial charge is 0.339 e. The molecule has 0 radical (unpaired) electrons. The average Bonchev–Trinajstić information content (AvgIpc) is 2.60. The highest BCUT2D eigenvalue weighted by Crippen LogP contribution is 2.47. The second kappa shape index (κ2) is 7.05. The number of likely N-dealkylation sites (tertiary alicyclic amines) is 1. The SMILES string of the molecule is CS(=O)(=O)N1CC[C@H]2[C@H](CCCN2C(=O)C2(c3ccc(Cl)cc3)CCC2)C1. The summed E-state index contributed by atoms with van der Waals surface area (Å²) in [5.74, 6) is 0.479. The minimum Gasteiger partial charge on any atom is -0.339 e. The number of carbonyl (C=O) groups excluding carboxylic acids is 1. The molecule has 0 aromatic heterocycles. The molecule has 2 heterocycles. The number of hydrogen-bond acceptors (Lipinski definition) is 3. The minimum atomic E-state index is -3.17. The lowest BCUT2D eigenvalue weighted by molar-refractivity contribution is -0.147. The smallest absolute Gasteiger partial charge is 0.233 e. The van der Waals surface area contributed by atoms with E-state index in [0.29, 0.717) is 18.1 Å². The van der Waals surface area contributed by atoms with Gasteiger partial charge in [-0.2, -0.15) is 0 Å². The summed E-state index contributed by atoms with van der Waals surface area (Å²) in [5, 5.41) is 0.687. The summed E-state index contributed by atoms with van der Waals surface area (Å²) in [6.45, 7) is 1.84. The molecule has 148 valence electrons. The summed E-state index contributed by atoms with van der Waals surface area (Å²) in [7, 11) is -3.17. The van der Waals surface area contributed by atoms with E-state index in [1.54, 1.807) is 4.31 Å². The van der Waals surface area contributed by atoms with Gasteiger partial charge in [-0.05, 0) is 55.7 Å². The molecule has 3 aliphatic rings. The van der Waals surface area contributed by atoms with E-state index in [4.69, 9.17) is 11.6 Å². The van der Waals surface area contributed by atoms with Crippen molar-refractivity contribution in [1.82, 2.24) is 9.21 Å². The monoisotopic (exact) mass is 410 g/mol. The van der Waals surface area contributed by atoms with Crippen LogP contribution in [0.25, 0.3) is 0 Å². The second-order valence-corrected chi connectivity index (χ2v) is 10.7. The molecule has 1 aliphatic carbocycles. The van der Waals surface area contributed by atoms with Gasteiger partial charge in [-0.15, -0.1) is 0 Å². The summed E-state index contributed by atoms with van der Waals surface area (Å²) in [6.07, 6.45) is 6.80. The van der Waals surface area contributed by atoms with Crippen molar-refractivity contribution in [3.63, 3.8) is 0 Å². The van der Waals surface area contributed by atoms with E-state index in [2.05, 4.69) is 4.90 Å². The third kappa shape index (κ3) is 3.40. The van der Waals surface area contributed by atoms with Crippen LogP contribution >= 0.6 is 11.6 Å². The van der Waals surface area contributed by atoms with Crippen LogP contribution in [0.4, 0.5) is 0 Å². The predicted molar refractivity (Wildman–Crippen MR) is 106 cm³/mol. The van der Waals surface area contributed by atoms with Gasteiger partial charge in [0.1, 0.15) is 0 Å². The number of fused-ring (bicyclic) bond motifs is 1. The van der Waals surface area contributed by atoms with Crippen LogP contribution in [0.3, 0.4) is 0 Å². The molecule has 7 heteroatoms.